The average molecular weight is 490 g/mol. The number of rotatable bonds is 8. The van der Waals surface area contributed by atoms with Crippen molar-refractivity contribution >= 4 is 23.3 Å². The van der Waals surface area contributed by atoms with Gasteiger partial charge in [-0.1, -0.05) is 11.6 Å². The Hall–Kier alpha value is -2.75. The number of piperidine rings is 1. The second-order valence-corrected chi connectivity index (χ2v) is 8.98. The summed E-state index contributed by atoms with van der Waals surface area (Å²) in [7, 11) is 1.59. The van der Waals surface area contributed by atoms with Gasteiger partial charge >= 0.3 is 0 Å². The zero-order chi connectivity index (χ0) is 24.1. The van der Waals surface area contributed by atoms with E-state index in [0.717, 1.165) is 51.5 Å². The maximum absolute atomic E-state index is 13.3. The van der Waals surface area contributed by atoms with Gasteiger partial charge in [-0.3, -0.25) is 4.79 Å². The monoisotopic (exact) mass is 489 g/mol. The molecule has 2 N–H and O–H groups in total. The van der Waals surface area contributed by atoms with Gasteiger partial charge in [0.1, 0.15) is 17.8 Å². The molecule has 1 amide bonds. The van der Waals surface area contributed by atoms with E-state index in [4.69, 9.17) is 26.8 Å². The molecular weight excluding hydrogens is 461 g/mol. The van der Waals surface area contributed by atoms with Crippen molar-refractivity contribution in [2.24, 2.45) is 0 Å². The number of nitrogen functional groups attached to an aromatic ring is 1. The third-order valence-corrected chi connectivity index (χ3v) is 6.46. The lowest BCUT2D eigenvalue weighted by Gasteiger charge is -2.31. The van der Waals surface area contributed by atoms with Gasteiger partial charge in [0, 0.05) is 24.6 Å². The van der Waals surface area contributed by atoms with E-state index in [1.807, 2.05) is 0 Å². The SMILES string of the molecule is COCC1=COc2ccc(Cl)cc2C(=O)N1CCCCN1CCC(c2ncc(F)c(N)n2)CC1. The number of hydrogen-bond acceptors (Lipinski definition) is 7. The predicted octanol–water partition coefficient (Wildman–Crippen LogP) is 3.83. The van der Waals surface area contributed by atoms with Crippen molar-refractivity contribution in [3.05, 3.63) is 58.6 Å². The van der Waals surface area contributed by atoms with E-state index in [2.05, 4.69) is 14.9 Å². The van der Waals surface area contributed by atoms with Gasteiger partial charge in [0.15, 0.2) is 11.6 Å². The Bertz CT molecular complexity index is 1060. The Balaban J connectivity index is 1.28. The molecule has 0 bridgehead atoms. The van der Waals surface area contributed by atoms with E-state index < -0.39 is 5.82 Å². The lowest BCUT2D eigenvalue weighted by molar-refractivity contribution is 0.0771. The highest BCUT2D eigenvalue weighted by molar-refractivity contribution is 6.31. The van der Waals surface area contributed by atoms with Gasteiger partial charge in [0.2, 0.25) is 0 Å². The summed E-state index contributed by atoms with van der Waals surface area (Å²) in [6.07, 6.45) is 6.32. The molecule has 34 heavy (non-hydrogen) atoms. The number of ether oxygens (including phenoxy) is 2. The number of aromatic nitrogens is 2. The van der Waals surface area contributed by atoms with Crippen LogP contribution in [0.4, 0.5) is 10.2 Å². The first-order chi connectivity index (χ1) is 16.5. The van der Waals surface area contributed by atoms with E-state index >= 15 is 0 Å². The minimum absolute atomic E-state index is 0.0901. The van der Waals surface area contributed by atoms with Crippen molar-refractivity contribution in [3.8, 4) is 5.75 Å². The molecule has 0 aliphatic carbocycles. The molecule has 0 saturated carbocycles. The summed E-state index contributed by atoms with van der Waals surface area (Å²) in [5.41, 5.74) is 6.71. The van der Waals surface area contributed by atoms with Crippen molar-refractivity contribution < 1.29 is 18.7 Å². The van der Waals surface area contributed by atoms with Crippen LogP contribution in [-0.4, -0.2) is 65.6 Å². The molecule has 3 heterocycles. The molecule has 0 unspecified atom stereocenters. The predicted molar refractivity (Wildman–Crippen MR) is 127 cm³/mol. The van der Waals surface area contributed by atoms with Crippen molar-refractivity contribution in [1.82, 2.24) is 19.8 Å². The molecule has 4 rings (SSSR count). The second kappa shape index (κ2) is 11.1. The van der Waals surface area contributed by atoms with Crippen LogP contribution in [0, 0.1) is 5.82 Å². The van der Waals surface area contributed by atoms with Gasteiger partial charge in [-0.25, -0.2) is 14.4 Å². The zero-order valence-electron chi connectivity index (χ0n) is 19.2. The summed E-state index contributed by atoms with van der Waals surface area (Å²) < 4.78 is 24.3. The third-order valence-electron chi connectivity index (χ3n) is 6.23. The molecule has 2 aromatic rings. The van der Waals surface area contributed by atoms with Crippen molar-refractivity contribution in [1.29, 1.82) is 0 Å². The van der Waals surface area contributed by atoms with Crippen LogP contribution in [0.2, 0.25) is 5.02 Å². The molecule has 2 aliphatic rings. The smallest absolute Gasteiger partial charge is 0.262 e. The van der Waals surface area contributed by atoms with Crippen LogP contribution < -0.4 is 10.5 Å². The summed E-state index contributed by atoms with van der Waals surface area (Å²) in [6.45, 7) is 3.61. The van der Waals surface area contributed by atoms with Gasteiger partial charge < -0.3 is 25.0 Å². The summed E-state index contributed by atoms with van der Waals surface area (Å²) in [6, 6.07) is 5.04. The number of nitrogens with two attached hydrogens (primary N) is 1. The number of anilines is 1. The minimum Gasteiger partial charge on any atom is -0.462 e. The fourth-order valence-corrected chi connectivity index (χ4v) is 4.53. The molecule has 1 aromatic carbocycles. The van der Waals surface area contributed by atoms with Crippen molar-refractivity contribution in [2.75, 3.05) is 45.6 Å². The Labute approximate surface area is 203 Å². The highest BCUT2D eigenvalue weighted by Crippen LogP contribution is 2.29. The van der Waals surface area contributed by atoms with Crippen LogP contribution in [-0.2, 0) is 4.74 Å². The Morgan fingerprint density at radius 3 is 2.76 bits per heavy atom. The fraction of sp³-hybridized carbons (Fsp3) is 0.458. The normalized spacial score (nSPS) is 17.2. The number of methoxy groups -OCH3 is 1. The molecule has 1 aromatic heterocycles. The molecule has 0 atom stereocenters. The van der Waals surface area contributed by atoms with Crippen molar-refractivity contribution in [2.45, 2.75) is 31.6 Å². The summed E-state index contributed by atoms with van der Waals surface area (Å²) in [5, 5.41) is 0.489. The number of fused-ring (bicyclic) bond motifs is 1. The summed E-state index contributed by atoms with van der Waals surface area (Å²) in [5.74, 6) is 0.497. The maximum Gasteiger partial charge on any atom is 0.262 e. The van der Waals surface area contributed by atoms with Crippen LogP contribution in [0.15, 0.2) is 36.4 Å². The van der Waals surface area contributed by atoms with Crippen LogP contribution in [0.1, 0.15) is 47.8 Å². The lowest BCUT2D eigenvalue weighted by Crippen LogP contribution is -2.35. The number of carbonyl (C=O) groups is 1. The largest absolute Gasteiger partial charge is 0.462 e. The molecule has 2 aliphatic heterocycles. The number of unbranched alkanes of at least 4 members (excludes halogenated alkanes) is 1. The first-order valence-electron chi connectivity index (χ1n) is 11.4. The Kier molecular flexibility index (Phi) is 7.97. The first-order valence-corrected chi connectivity index (χ1v) is 11.8. The Morgan fingerprint density at radius 2 is 2.03 bits per heavy atom. The number of nitrogens with zero attached hydrogens (tertiary/aromatic N) is 4. The van der Waals surface area contributed by atoms with Crippen LogP contribution in [0.25, 0.3) is 0 Å². The molecule has 8 nitrogen and oxygen atoms in total. The maximum atomic E-state index is 13.3. The van der Waals surface area contributed by atoms with E-state index in [0.29, 0.717) is 34.4 Å². The molecular formula is C24H29ClFN5O3. The highest BCUT2D eigenvalue weighted by atomic mass is 35.5. The van der Waals surface area contributed by atoms with E-state index in [9.17, 15) is 9.18 Å². The number of likely N-dealkylation sites (tertiary alicyclic amines) is 1. The van der Waals surface area contributed by atoms with Gasteiger partial charge in [-0.05, 0) is 63.5 Å². The van der Waals surface area contributed by atoms with Gasteiger partial charge in [-0.15, -0.1) is 0 Å². The van der Waals surface area contributed by atoms with Crippen LogP contribution >= 0.6 is 11.6 Å². The van der Waals surface area contributed by atoms with Crippen molar-refractivity contribution in [3.63, 3.8) is 0 Å². The van der Waals surface area contributed by atoms with Crippen LogP contribution in [0.5, 0.6) is 5.75 Å². The number of carbonyl (C=O) groups excluding carboxylic acids is 1. The highest BCUT2D eigenvalue weighted by Gasteiger charge is 2.27. The fourth-order valence-electron chi connectivity index (χ4n) is 4.36. The standard InChI is InChI=1S/C24H29ClFN5O3/c1-33-14-18-15-34-21-5-4-17(25)12-19(21)24(32)31(18)9-3-2-8-30-10-6-16(7-11-30)23-28-13-20(26)22(27)29-23/h4-5,12-13,15-16H,2-3,6-11,14H2,1H3,(H2,27,28,29). The second-order valence-electron chi connectivity index (χ2n) is 8.54. The molecule has 1 fully saturated rings. The Morgan fingerprint density at radius 1 is 1.26 bits per heavy atom. The molecule has 0 radical (unpaired) electrons. The van der Waals surface area contributed by atoms with E-state index in [-0.39, 0.29) is 24.2 Å². The number of hydrogen-bond donors (Lipinski definition) is 1. The van der Waals surface area contributed by atoms with E-state index in [1.54, 1.807) is 36.5 Å². The molecule has 182 valence electrons. The summed E-state index contributed by atoms with van der Waals surface area (Å²) in [4.78, 5) is 25.6. The van der Waals surface area contributed by atoms with Gasteiger partial charge in [-0.2, -0.15) is 0 Å². The average Bonchev–Trinajstić information content (AvgIpc) is 2.96. The number of amides is 1. The molecule has 0 spiro atoms. The first kappa shape index (κ1) is 24.4. The number of halogens is 2. The number of benzene rings is 1. The lowest BCUT2D eigenvalue weighted by atomic mass is 9.95. The zero-order valence-corrected chi connectivity index (χ0v) is 19.9. The topological polar surface area (TPSA) is 93.8 Å². The van der Waals surface area contributed by atoms with Crippen LogP contribution in [0.3, 0.4) is 0 Å². The molecule has 1 saturated heterocycles. The van der Waals surface area contributed by atoms with Gasteiger partial charge in [0.05, 0.1) is 24.1 Å². The third kappa shape index (κ3) is 5.65. The van der Waals surface area contributed by atoms with E-state index in [1.165, 1.54) is 0 Å². The van der Waals surface area contributed by atoms with Gasteiger partial charge in [0.25, 0.3) is 5.91 Å². The minimum atomic E-state index is -0.578. The summed E-state index contributed by atoms with van der Waals surface area (Å²) >= 11 is 6.11. The molecule has 10 heteroatoms. The quantitative estimate of drug-likeness (QED) is 0.563.